The zero-order valence-electron chi connectivity index (χ0n) is 15.0. The van der Waals surface area contributed by atoms with Crippen molar-refractivity contribution in [2.45, 2.75) is 31.2 Å². The number of carbonyl (C=O) groups excluding carboxylic acids is 2. The lowest BCUT2D eigenvalue weighted by atomic mass is 10.1. The van der Waals surface area contributed by atoms with Crippen molar-refractivity contribution in [1.82, 2.24) is 20.2 Å². The van der Waals surface area contributed by atoms with E-state index in [9.17, 15) is 9.59 Å². The number of amides is 2. The minimum atomic E-state index is -0.578. The van der Waals surface area contributed by atoms with Gasteiger partial charge in [-0.25, -0.2) is 0 Å². The number of thiophene rings is 1. The van der Waals surface area contributed by atoms with Gasteiger partial charge in [-0.3, -0.25) is 9.59 Å². The van der Waals surface area contributed by atoms with Crippen LogP contribution in [0.4, 0.5) is 5.00 Å². The van der Waals surface area contributed by atoms with E-state index in [1.807, 2.05) is 32.0 Å². The van der Waals surface area contributed by atoms with Crippen LogP contribution in [0, 0.1) is 13.8 Å². The summed E-state index contributed by atoms with van der Waals surface area (Å²) in [5.41, 5.74) is 8.66. The van der Waals surface area contributed by atoms with Crippen LogP contribution in [0.5, 0.6) is 0 Å². The van der Waals surface area contributed by atoms with Crippen molar-refractivity contribution >= 4 is 39.9 Å². The molecule has 0 fully saturated rings. The number of thioether (sulfide) groups is 1. The fraction of sp³-hybridized carbons (Fsp3) is 0.235. The highest BCUT2D eigenvalue weighted by molar-refractivity contribution is 8.00. The molecule has 0 saturated heterocycles. The normalized spacial score (nSPS) is 12.0. The molecule has 10 heteroatoms. The molecule has 27 heavy (non-hydrogen) atoms. The van der Waals surface area contributed by atoms with Crippen molar-refractivity contribution in [2.75, 3.05) is 5.32 Å². The predicted octanol–water partition coefficient (Wildman–Crippen LogP) is 2.56. The van der Waals surface area contributed by atoms with E-state index in [1.54, 1.807) is 23.1 Å². The summed E-state index contributed by atoms with van der Waals surface area (Å²) in [5, 5.41) is 16.8. The molecule has 0 spiro atoms. The van der Waals surface area contributed by atoms with Gasteiger partial charge >= 0.3 is 0 Å². The van der Waals surface area contributed by atoms with Crippen molar-refractivity contribution < 1.29 is 9.59 Å². The summed E-state index contributed by atoms with van der Waals surface area (Å²) in [6, 6.07) is 7.47. The molecule has 140 valence electrons. The number of rotatable bonds is 6. The zero-order chi connectivity index (χ0) is 19.6. The van der Waals surface area contributed by atoms with Gasteiger partial charge in [0.2, 0.25) is 11.1 Å². The number of aromatic nitrogens is 4. The molecular formula is C17H18N6O2S2. The molecule has 2 heterocycles. The summed E-state index contributed by atoms with van der Waals surface area (Å²) in [7, 11) is 0. The second kappa shape index (κ2) is 7.89. The molecule has 3 rings (SSSR count). The summed E-state index contributed by atoms with van der Waals surface area (Å²) in [6.07, 6.45) is 0. The lowest BCUT2D eigenvalue weighted by Crippen LogP contribution is -2.24. The van der Waals surface area contributed by atoms with Crippen LogP contribution in [-0.4, -0.2) is 37.3 Å². The maximum Gasteiger partial charge on any atom is 0.251 e. The van der Waals surface area contributed by atoms with E-state index < -0.39 is 11.2 Å². The van der Waals surface area contributed by atoms with Gasteiger partial charge in [0.05, 0.1) is 16.5 Å². The van der Waals surface area contributed by atoms with Crippen molar-refractivity contribution in [1.29, 1.82) is 0 Å². The molecule has 0 aliphatic rings. The van der Waals surface area contributed by atoms with E-state index in [1.165, 1.54) is 23.1 Å². The Labute approximate surface area is 164 Å². The Morgan fingerprint density at radius 2 is 2.07 bits per heavy atom. The Morgan fingerprint density at radius 3 is 2.81 bits per heavy atom. The third-order valence-corrected chi connectivity index (χ3v) is 5.93. The monoisotopic (exact) mass is 402 g/mol. The number of benzene rings is 1. The second-order valence-corrected chi connectivity index (χ2v) is 8.09. The highest BCUT2D eigenvalue weighted by Gasteiger charge is 2.22. The van der Waals surface area contributed by atoms with Crippen LogP contribution in [0.25, 0.3) is 5.69 Å². The molecule has 3 N–H and O–H groups in total. The third kappa shape index (κ3) is 4.01. The number of hydrogen-bond donors (Lipinski definition) is 2. The number of anilines is 1. The summed E-state index contributed by atoms with van der Waals surface area (Å²) in [6.45, 7) is 5.77. The van der Waals surface area contributed by atoms with Crippen LogP contribution >= 0.6 is 23.1 Å². The van der Waals surface area contributed by atoms with E-state index in [0.717, 1.165) is 16.8 Å². The first-order chi connectivity index (χ1) is 12.9. The van der Waals surface area contributed by atoms with Crippen LogP contribution < -0.4 is 11.1 Å². The first-order valence-corrected chi connectivity index (χ1v) is 9.84. The Morgan fingerprint density at radius 1 is 1.30 bits per heavy atom. The molecule has 1 atom stereocenters. The standard InChI is InChI=1S/C17H18N6O2S2/c1-9-5-4-6-13(10(9)2)23-17(20-21-22-23)27-11(3)15(25)19-16-12(14(18)24)7-8-26-16/h4-8,11H,1-3H3,(H2,18,24)(H,19,25). The largest absolute Gasteiger partial charge is 0.366 e. The first-order valence-electron chi connectivity index (χ1n) is 8.08. The lowest BCUT2D eigenvalue weighted by Gasteiger charge is -2.13. The van der Waals surface area contributed by atoms with Crippen LogP contribution in [0.3, 0.4) is 0 Å². The average Bonchev–Trinajstić information content (AvgIpc) is 3.26. The van der Waals surface area contributed by atoms with Crippen LogP contribution in [-0.2, 0) is 4.79 Å². The molecule has 0 radical (unpaired) electrons. The summed E-state index contributed by atoms with van der Waals surface area (Å²) < 4.78 is 1.62. The quantitative estimate of drug-likeness (QED) is 0.612. The molecular weight excluding hydrogens is 384 g/mol. The topological polar surface area (TPSA) is 116 Å². The van der Waals surface area contributed by atoms with Crippen molar-refractivity contribution in [2.24, 2.45) is 5.73 Å². The second-order valence-electron chi connectivity index (χ2n) is 5.87. The van der Waals surface area contributed by atoms with E-state index in [-0.39, 0.29) is 5.91 Å². The molecule has 0 aliphatic heterocycles. The molecule has 1 aromatic carbocycles. The molecule has 8 nitrogen and oxygen atoms in total. The lowest BCUT2D eigenvalue weighted by molar-refractivity contribution is -0.115. The highest BCUT2D eigenvalue weighted by atomic mass is 32.2. The number of aryl methyl sites for hydroxylation is 1. The molecule has 2 aromatic heterocycles. The van der Waals surface area contributed by atoms with E-state index in [2.05, 4.69) is 20.8 Å². The number of hydrogen-bond acceptors (Lipinski definition) is 7. The van der Waals surface area contributed by atoms with Crippen molar-refractivity contribution in [3.05, 3.63) is 46.3 Å². The van der Waals surface area contributed by atoms with Gasteiger partial charge < -0.3 is 11.1 Å². The Kier molecular flexibility index (Phi) is 5.57. The van der Waals surface area contributed by atoms with Gasteiger partial charge in [-0.05, 0) is 59.8 Å². The molecule has 0 saturated carbocycles. The molecule has 3 aromatic rings. The fourth-order valence-corrected chi connectivity index (χ4v) is 3.99. The minimum absolute atomic E-state index is 0.263. The number of nitrogens with two attached hydrogens (primary N) is 1. The maximum atomic E-state index is 12.5. The number of tetrazole rings is 1. The van der Waals surface area contributed by atoms with Gasteiger partial charge in [-0.15, -0.1) is 16.4 Å². The van der Waals surface area contributed by atoms with Gasteiger partial charge in [0.25, 0.3) is 5.91 Å². The third-order valence-electron chi connectivity index (χ3n) is 4.06. The minimum Gasteiger partial charge on any atom is -0.366 e. The first kappa shape index (κ1) is 19.1. The molecule has 0 aliphatic carbocycles. The van der Waals surface area contributed by atoms with Gasteiger partial charge in [0.15, 0.2) is 0 Å². The molecule has 2 amide bonds. The Hall–Kier alpha value is -2.72. The summed E-state index contributed by atoms with van der Waals surface area (Å²) in [5.74, 6) is -0.841. The maximum absolute atomic E-state index is 12.5. The van der Waals surface area contributed by atoms with E-state index in [0.29, 0.717) is 15.7 Å². The predicted molar refractivity (Wildman–Crippen MR) is 105 cm³/mol. The Balaban J connectivity index is 1.77. The average molecular weight is 403 g/mol. The summed E-state index contributed by atoms with van der Waals surface area (Å²) >= 11 is 2.48. The van der Waals surface area contributed by atoms with Crippen LogP contribution in [0.1, 0.15) is 28.4 Å². The van der Waals surface area contributed by atoms with Gasteiger partial charge in [0.1, 0.15) is 5.00 Å². The molecule has 0 bridgehead atoms. The van der Waals surface area contributed by atoms with Gasteiger partial charge in [-0.1, -0.05) is 23.9 Å². The Bertz CT molecular complexity index is 997. The van der Waals surface area contributed by atoms with Crippen molar-refractivity contribution in [3.8, 4) is 5.69 Å². The van der Waals surface area contributed by atoms with Crippen molar-refractivity contribution in [3.63, 3.8) is 0 Å². The zero-order valence-corrected chi connectivity index (χ0v) is 16.6. The van der Waals surface area contributed by atoms with Crippen LogP contribution in [0.2, 0.25) is 0 Å². The van der Waals surface area contributed by atoms with E-state index >= 15 is 0 Å². The number of primary amides is 1. The number of carbonyl (C=O) groups is 2. The van der Waals surface area contributed by atoms with Gasteiger partial charge in [0, 0.05) is 0 Å². The number of nitrogens with zero attached hydrogens (tertiary/aromatic N) is 4. The smallest absolute Gasteiger partial charge is 0.251 e. The van der Waals surface area contributed by atoms with E-state index in [4.69, 9.17) is 5.73 Å². The molecule has 1 unspecified atom stereocenters. The van der Waals surface area contributed by atoms with Gasteiger partial charge in [-0.2, -0.15) is 4.68 Å². The SMILES string of the molecule is Cc1cccc(-n2nnnc2SC(C)C(=O)Nc2sccc2C(N)=O)c1C. The number of nitrogens with one attached hydrogen (secondary N) is 1. The fourth-order valence-electron chi connectivity index (χ4n) is 2.39. The summed E-state index contributed by atoms with van der Waals surface area (Å²) in [4.78, 5) is 23.9. The van der Waals surface area contributed by atoms with Crippen LogP contribution in [0.15, 0.2) is 34.8 Å². The highest BCUT2D eigenvalue weighted by Crippen LogP contribution is 2.28.